The van der Waals surface area contributed by atoms with E-state index < -0.39 is 5.54 Å². The van der Waals surface area contributed by atoms with Gasteiger partial charge in [0.1, 0.15) is 11.4 Å². The van der Waals surface area contributed by atoms with E-state index in [4.69, 9.17) is 11.0 Å². The molecule has 4 heteroatoms. The van der Waals surface area contributed by atoms with Crippen LogP contribution in [0, 0.1) is 17.1 Å². The van der Waals surface area contributed by atoms with Gasteiger partial charge in [0.25, 0.3) is 0 Å². The first-order valence-electron chi connectivity index (χ1n) is 6.68. The fourth-order valence-corrected chi connectivity index (χ4v) is 2.69. The van der Waals surface area contributed by atoms with Crippen LogP contribution in [0.3, 0.4) is 0 Å². The molecular weight excluding hydrogens is 241 g/mol. The number of nitrogens with zero attached hydrogens (tertiary/aromatic N) is 2. The molecule has 1 fully saturated rings. The van der Waals surface area contributed by atoms with Gasteiger partial charge in [-0.05, 0) is 38.8 Å². The van der Waals surface area contributed by atoms with Crippen molar-refractivity contribution in [3.8, 4) is 6.07 Å². The first-order chi connectivity index (χ1) is 9.04. The number of hydrogen-bond donors (Lipinski definition) is 1. The van der Waals surface area contributed by atoms with Crippen molar-refractivity contribution in [1.82, 2.24) is 4.90 Å². The monoisotopic (exact) mass is 261 g/mol. The Hall–Kier alpha value is -1.44. The van der Waals surface area contributed by atoms with Gasteiger partial charge in [0, 0.05) is 18.2 Å². The predicted octanol–water partition coefficient (Wildman–Crippen LogP) is 2.42. The zero-order valence-electron chi connectivity index (χ0n) is 11.3. The molecule has 102 valence electrons. The average Bonchev–Trinajstić information content (AvgIpc) is 2.42. The molecule has 19 heavy (non-hydrogen) atoms. The van der Waals surface area contributed by atoms with E-state index in [1.54, 1.807) is 6.07 Å². The molecule has 1 saturated carbocycles. The summed E-state index contributed by atoms with van der Waals surface area (Å²) in [5, 5.41) is 9.01. The largest absolute Gasteiger partial charge is 0.313 e. The fraction of sp³-hybridized carbons (Fsp3) is 0.533. The summed E-state index contributed by atoms with van der Waals surface area (Å²) >= 11 is 0. The lowest BCUT2D eigenvalue weighted by atomic mass is 9.81. The lowest BCUT2D eigenvalue weighted by Gasteiger charge is -2.36. The van der Waals surface area contributed by atoms with E-state index in [-0.39, 0.29) is 5.82 Å². The Morgan fingerprint density at radius 3 is 2.63 bits per heavy atom. The summed E-state index contributed by atoms with van der Waals surface area (Å²) in [5.41, 5.74) is 6.02. The highest BCUT2D eigenvalue weighted by atomic mass is 19.1. The zero-order chi connectivity index (χ0) is 13.9. The normalized spacial score (nSPS) is 27.2. The van der Waals surface area contributed by atoms with Crippen molar-refractivity contribution in [3.63, 3.8) is 0 Å². The molecule has 0 aliphatic heterocycles. The quantitative estimate of drug-likeness (QED) is 0.909. The van der Waals surface area contributed by atoms with E-state index in [1.807, 2.05) is 19.2 Å². The number of hydrogen-bond acceptors (Lipinski definition) is 3. The van der Waals surface area contributed by atoms with E-state index in [2.05, 4.69) is 11.0 Å². The van der Waals surface area contributed by atoms with Crippen molar-refractivity contribution in [1.29, 1.82) is 5.26 Å². The van der Waals surface area contributed by atoms with Crippen molar-refractivity contribution in [2.24, 2.45) is 5.73 Å². The van der Waals surface area contributed by atoms with Crippen molar-refractivity contribution >= 4 is 0 Å². The molecule has 2 N–H and O–H groups in total. The average molecular weight is 261 g/mol. The molecule has 0 saturated heterocycles. The Kier molecular flexibility index (Phi) is 4.18. The highest BCUT2D eigenvalue weighted by molar-refractivity contribution is 5.17. The van der Waals surface area contributed by atoms with Gasteiger partial charge < -0.3 is 5.73 Å². The van der Waals surface area contributed by atoms with Crippen LogP contribution in [-0.2, 0) is 6.54 Å². The van der Waals surface area contributed by atoms with Crippen molar-refractivity contribution in [2.75, 3.05) is 7.05 Å². The molecular formula is C15H20FN3. The van der Waals surface area contributed by atoms with E-state index in [0.717, 1.165) is 31.2 Å². The van der Waals surface area contributed by atoms with E-state index in [0.29, 0.717) is 12.6 Å². The Morgan fingerprint density at radius 2 is 2.05 bits per heavy atom. The Balaban J connectivity index is 1.94. The lowest BCUT2D eigenvalue weighted by molar-refractivity contribution is 0.160. The number of nitriles is 1. The van der Waals surface area contributed by atoms with Crippen LogP contribution in [0.25, 0.3) is 0 Å². The second-order valence-electron chi connectivity index (χ2n) is 5.51. The van der Waals surface area contributed by atoms with Crippen molar-refractivity contribution in [3.05, 3.63) is 35.6 Å². The maximum atomic E-state index is 13.6. The van der Waals surface area contributed by atoms with Crippen molar-refractivity contribution < 1.29 is 4.39 Å². The molecule has 1 aliphatic rings. The van der Waals surface area contributed by atoms with Crippen LogP contribution in [0.5, 0.6) is 0 Å². The molecule has 1 aliphatic carbocycles. The van der Waals surface area contributed by atoms with Crippen LogP contribution in [0.4, 0.5) is 4.39 Å². The molecule has 0 unspecified atom stereocenters. The smallest absolute Gasteiger partial charge is 0.127 e. The molecule has 0 amide bonds. The number of benzene rings is 1. The summed E-state index contributed by atoms with van der Waals surface area (Å²) in [5.74, 6) is -0.157. The topological polar surface area (TPSA) is 53.0 Å². The van der Waals surface area contributed by atoms with Gasteiger partial charge >= 0.3 is 0 Å². The minimum absolute atomic E-state index is 0.157. The first kappa shape index (κ1) is 14.0. The number of nitrogens with two attached hydrogens (primary N) is 1. The van der Waals surface area contributed by atoms with Gasteiger partial charge in [0.15, 0.2) is 0 Å². The molecule has 1 aromatic rings. The zero-order valence-corrected chi connectivity index (χ0v) is 11.3. The summed E-state index contributed by atoms with van der Waals surface area (Å²) in [6.45, 7) is 0.599. The summed E-state index contributed by atoms with van der Waals surface area (Å²) < 4.78 is 13.6. The van der Waals surface area contributed by atoms with Gasteiger partial charge in [-0.3, -0.25) is 4.90 Å². The second-order valence-corrected chi connectivity index (χ2v) is 5.51. The number of halogens is 1. The summed E-state index contributed by atoms with van der Waals surface area (Å²) in [7, 11) is 2.01. The molecule has 3 nitrogen and oxygen atoms in total. The van der Waals surface area contributed by atoms with Crippen LogP contribution in [0.1, 0.15) is 31.2 Å². The predicted molar refractivity (Wildman–Crippen MR) is 72.7 cm³/mol. The highest BCUT2D eigenvalue weighted by Crippen LogP contribution is 2.29. The molecule has 0 atom stereocenters. The first-order valence-corrected chi connectivity index (χ1v) is 6.68. The maximum Gasteiger partial charge on any atom is 0.127 e. The van der Waals surface area contributed by atoms with Gasteiger partial charge in [-0.2, -0.15) is 5.26 Å². The Bertz CT molecular complexity index is 473. The molecule has 0 heterocycles. The van der Waals surface area contributed by atoms with Gasteiger partial charge in [-0.15, -0.1) is 0 Å². The molecule has 1 aromatic carbocycles. The lowest BCUT2D eigenvalue weighted by Crippen LogP contribution is -2.46. The fourth-order valence-electron chi connectivity index (χ4n) is 2.69. The summed E-state index contributed by atoms with van der Waals surface area (Å²) in [6.07, 6.45) is 3.23. The third kappa shape index (κ3) is 3.31. The standard InChI is InChI=1S/C15H20FN3/c1-19(10-12-4-2-3-5-14(12)16)13-6-8-15(18,11-17)9-7-13/h2-5,13H,6-10,18H2,1H3. The van der Waals surface area contributed by atoms with Crippen LogP contribution in [-0.4, -0.2) is 23.5 Å². The highest BCUT2D eigenvalue weighted by Gasteiger charge is 2.33. The van der Waals surface area contributed by atoms with E-state index in [1.165, 1.54) is 6.07 Å². The van der Waals surface area contributed by atoms with Gasteiger partial charge in [-0.1, -0.05) is 18.2 Å². The SMILES string of the molecule is CN(Cc1ccccc1F)C1CCC(N)(C#N)CC1. The molecule has 2 rings (SSSR count). The Morgan fingerprint density at radius 1 is 1.42 bits per heavy atom. The third-order valence-electron chi connectivity index (χ3n) is 4.07. The molecule has 0 radical (unpaired) electrons. The molecule has 0 bridgehead atoms. The minimum Gasteiger partial charge on any atom is -0.313 e. The summed E-state index contributed by atoms with van der Waals surface area (Å²) in [4.78, 5) is 2.16. The van der Waals surface area contributed by atoms with E-state index >= 15 is 0 Å². The van der Waals surface area contributed by atoms with Crippen LogP contribution in [0.15, 0.2) is 24.3 Å². The maximum absolute atomic E-state index is 13.6. The van der Waals surface area contributed by atoms with Gasteiger partial charge in [0.05, 0.1) is 6.07 Å². The van der Waals surface area contributed by atoms with E-state index in [9.17, 15) is 4.39 Å². The van der Waals surface area contributed by atoms with Crippen molar-refractivity contribution in [2.45, 2.75) is 43.8 Å². The molecule has 0 aromatic heterocycles. The summed E-state index contributed by atoms with van der Waals surface area (Å²) in [6, 6.07) is 9.44. The van der Waals surface area contributed by atoms with Gasteiger partial charge in [0.2, 0.25) is 0 Å². The third-order valence-corrected chi connectivity index (χ3v) is 4.07. The van der Waals surface area contributed by atoms with Crippen LogP contribution in [0.2, 0.25) is 0 Å². The van der Waals surface area contributed by atoms with Gasteiger partial charge in [-0.25, -0.2) is 4.39 Å². The molecule has 0 spiro atoms. The van der Waals surface area contributed by atoms with Crippen LogP contribution >= 0.6 is 0 Å². The van der Waals surface area contributed by atoms with Crippen LogP contribution < -0.4 is 5.73 Å². The second kappa shape index (κ2) is 5.68. The minimum atomic E-state index is -0.657. The Labute approximate surface area is 113 Å². The number of rotatable bonds is 3.